The predicted molar refractivity (Wildman–Crippen MR) is 136 cm³/mol. The third-order valence-electron chi connectivity index (χ3n) is 5.06. The van der Waals surface area contributed by atoms with Gasteiger partial charge in [0.15, 0.2) is 0 Å². The molecule has 0 aromatic heterocycles. The highest BCUT2D eigenvalue weighted by Crippen LogP contribution is 2.01. The minimum Gasteiger partial charge on any atom is -0.356 e. The van der Waals surface area contributed by atoms with Crippen LogP contribution in [0.4, 0.5) is 0 Å². The average molecular weight is 513 g/mol. The van der Waals surface area contributed by atoms with Crippen LogP contribution in [0.5, 0.6) is 0 Å². The molecular weight excluding hydrogens is 468 g/mol. The molecule has 0 unspecified atom stereocenters. The molecule has 12 nitrogen and oxygen atoms in total. The third kappa shape index (κ3) is 21.5. The van der Waals surface area contributed by atoms with Gasteiger partial charge in [0.1, 0.15) is 0 Å². The van der Waals surface area contributed by atoms with Crippen molar-refractivity contribution < 1.29 is 29.2 Å². The molecule has 0 rings (SSSR count). The molecule has 0 fully saturated rings. The summed E-state index contributed by atoms with van der Waals surface area (Å²) < 4.78 is 0. The number of nitrogens with one attached hydrogen (secondary N) is 4. The molecule has 206 valence electrons. The van der Waals surface area contributed by atoms with Gasteiger partial charge in [-0.15, -0.1) is 0 Å². The van der Waals surface area contributed by atoms with E-state index < -0.39 is 5.91 Å². The van der Waals surface area contributed by atoms with Crippen LogP contribution in [-0.4, -0.2) is 79.1 Å². The van der Waals surface area contributed by atoms with E-state index >= 15 is 0 Å². The summed E-state index contributed by atoms with van der Waals surface area (Å²) >= 11 is 0. The topological polar surface area (TPSA) is 183 Å². The second-order valence-corrected chi connectivity index (χ2v) is 8.34. The van der Waals surface area contributed by atoms with Crippen molar-refractivity contribution in [2.24, 2.45) is 5.73 Å². The summed E-state index contributed by atoms with van der Waals surface area (Å²) in [6.45, 7) is 3.92. The fourth-order valence-corrected chi connectivity index (χ4v) is 2.97. The first-order valence-corrected chi connectivity index (χ1v) is 12.6. The lowest BCUT2D eigenvalue weighted by molar-refractivity contribution is -0.166. The zero-order chi connectivity index (χ0) is 27.0. The van der Waals surface area contributed by atoms with Crippen molar-refractivity contribution in [1.29, 1.82) is 0 Å². The van der Waals surface area contributed by atoms with Crippen LogP contribution in [0.2, 0.25) is 0 Å². The van der Waals surface area contributed by atoms with E-state index in [1.165, 1.54) is 6.92 Å². The van der Waals surface area contributed by atoms with E-state index in [4.69, 9.17) is 5.73 Å². The van der Waals surface area contributed by atoms with E-state index in [0.717, 1.165) is 19.3 Å². The molecule has 0 heterocycles. The maximum Gasteiger partial charge on any atom is 0.246 e. The van der Waals surface area contributed by atoms with Gasteiger partial charge < -0.3 is 27.0 Å². The second kappa shape index (κ2) is 22.5. The Balaban J connectivity index is 3.70. The number of unbranched alkanes of at least 4 members (excludes halogenated alkanes) is 4. The molecule has 0 aliphatic carbocycles. The fraction of sp³-hybridized carbons (Fsp3) is 0.708. The third-order valence-corrected chi connectivity index (χ3v) is 5.06. The summed E-state index contributed by atoms with van der Waals surface area (Å²) in [4.78, 5) is 57.9. The van der Waals surface area contributed by atoms with Gasteiger partial charge in [0.25, 0.3) is 0 Å². The van der Waals surface area contributed by atoms with Gasteiger partial charge in [-0.1, -0.05) is 18.6 Å². The van der Waals surface area contributed by atoms with Crippen molar-refractivity contribution in [3.8, 4) is 0 Å². The van der Waals surface area contributed by atoms with Gasteiger partial charge in [-0.2, -0.15) is 0 Å². The van der Waals surface area contributed by atoms with Gasteiger partial charge in [0, 0.05) is 65.3 Å². The standard InChI is InChI=1S/C24H44N6O6/c1-20(31)26-15-7-8-18-29-23(34)12-13-24(35)30(36)19-9-3-6-17-28-22(33)11-10-21(32)27-16-5-2-4-14-25/h7-8,36H,2-6,9-19,25H2,1H3,(H,26,31)(H,27,32)(H,28,33)(H,29,34)/b8-7+. The normalized spacial score (nSPS) is 10.6. The van der Waals surface area contributed by atoms with Crippen LogP contribution in [0, 0.1) is 0 Å². The largest absolute Gasteiger partial charge is 0.356 e. The Kier molecular flexibility index (Phi) is 20.6. The Morgan fingerprint density at radius 3 is 1.75 bits per heavy atom. The van der Waals surface area contributed by atoms with Gasteiger partial charge in [-0.25, -0.2) is 5.06 Å². The molecule has 36 heavy (non-hydrogen) atoms. The fourth-order valence-electron chi connectivity index (χ4n) is 2.97. The molecule has 0 saturated heterocycles. The minimum absolute atomic E-state index is 0.0340. The molecule has 0 saturated carbocycles. The molecule has 0 aromatic rings. The van der Waals surface area contributed by atoms with Gasteiger partial charge in [0.2, 0.25) is 29.5 Å². The highest BCUT2D eigenvalue weighted by molar-refractivity contribution is 5.84. The van der Waals surface area contributed by atoms with E-state index in [-0.39, 0.29) is 62.4 Å². The summed E-state index contributed by atoms with van der Waals surface area (Å²) in [6.07, 6.45) is 8.26. The number of nitrogens with zero attached hydrogens (tertiary/aromatic N) is 1. The summed E-state index contributed by atoms with van der Waals surface area (Å²) in [5.74, 6) is -1.30. The highest BCUT2D eigenvalue weighted by atomic mass is 16.5. The van der Waals surface area contributed by atoms with E-state index in [1.54, 1.807) is 12.2 Å². The molecule has 0 atom stereocenters. The minimum atomic E-state index is -0.530. The summed E-state index contributed by atoms with van der Waals surface area (Å²) in [7, 11) is 0. The lowest BCUT2D eigenvalue weighted by Crippen LogP contribution is -2.31. The Morgan fingerprint density at radius 2 is 1.19 bits per heavy atom. The van der Waals surface area contributed by atoms with Crippen molar-refractivity contribution in [2.45, 2.75) is 71.1 Å². The lowest BCUT2D eigenvalue weighted by Gasteiger charge is -2.14. The van der Waals surface area contributed by atoms with Gasteiger partial charge >= 0.3 is 0 Å². The van der Waals surface area contributed by atoms with Crippen LogP contribution in [0.1, 0.15) is 71.1 Å². The number of hydrogen-bond donors (Lipinski definition) is 6. The van der Waals surface area contributed by atoms with Crippen LogP contribution in [-0.2, 0) is 24.0 Å². The molecule has 0 aromatic carbocycles. The number of hydrogen-bond acceptors (Lipinski definition) is 7. The molecule has 7 N–H and O–H groups in total. The Bertz CT molecular complexity index is 701. The lowest BCUT2D eigenvalue weighted by atomic mass is 10.2. The van der Waals surface area contributed by atoms with Crippen LogP contribution in [0.15, 0.2) is 12.2 Å². The van der Waals surface area contributed by atoms with Crippen LogP contribution in [0.3, 0.4) is 0 Å². The van der Waals surface area contributed by atoms with Crippen molar-refractivity contribution in [1.82, 2.24) is 26.3 Å². The van der Waals surface area contributed by atoms with Crippen molar-refractivity contribution in [2.75, 3.05) is 39.3 Å². The van der Waals surface area contributed by atoms with E-state index in [9.17, 15) is 29.2 Å². The second-order valence-electron chi connectivity index (χ2n) is 8.34. The van der Waals surface area contributed by atoms with Gasteiger partial charge in [-0.05, 0) is 38.6 Å². The molecule has 0 spiro atoms. The maximum atomic E-state index is 11.9. The van der Waals surface area contributed by atoms with E-state index in [1.807, 2.05) is 0 Å². The number of amides is 5. The van der Waals surface area contributed by atoms with Crippen LogP contribution < -0.4 is 27.0 Å². The van der Waals surface area contributed by atoms with Crippen LogP contribution >= 0.6 is 0 Å². The molecule has 0 radical (unpaired) electrons. The van der Waals surface area contributed by atoms with Crippen molar-refractivity contribution >= 4 is 29.5 Å². The molecule has 0 bridgehead atoms. The highest BCUT2D eigenvalue weighted by Gasteiger charge is 2.12. The predicted octanol–water partition coefficient (Wildman–Crippen LogP) is 0.105. The van der Waals surface area contributed by atoms with Gasteiger partial charge in [0.05, 0.1) is 0 Å². The first-order chi connectivity index (χ1) is 17.3. The molecule has 5 amide bonds. The number of nitrogens with two attached hydrogens (primary N) is 1. The van der Waals surface area contributed by atoms with Crippen molar-refractivity contribution in [3.05, 3.63) is 12.2 Å². The number of rotatable bonds is 21. The summed E-state index contributed by atoms with van der Waals surface area (Å²) in [6, 6.07) is 0. The molecule has 12 heteroatoms. The van der Waals surface area contributed by atoms with Crippen LogP contribution in [0.25, 0.3) is 0 Å². The molecular formula is C24H44N6O6. The van der Waals surface area contributed by atoms with E-state index in [2.05, 4.69) is 21.3 Å². The first-order valence-electron chi connectivity index (χ1n) is 12.6. The number of hydroxylamine groups is 2. The summed E-state index contributed by atoms with van der Waals surface area (Å²) in [5.41, 5.74) is 5.41. The van der Waals surface area contributed by atoms with Crippen molar-refractivity contribution in [3.63, 3.8) is 0 Å². The SMILES string of the molecule is CC(=O)NC/C=C/CNC(=O)CCC(=O)N(O)CCCCCNC(=O)CCC(=O)NCCCCCN. The molecule has 0 aliphatic rings. The number of carbonyl (C=O) groups excluding carboxylic acids is 5. The first kappa shape index (κ1) is 33.0. The number of carbonyl (C=O) groups is 5. The smallest absolute Gasteiger partial charge is 0.246 e. The van der Waals surface area contributed by atoms with E-state index in [0.29, 0.717) is 50.5 Å². The zero-order valence-corrected chi connectivity index (χ0v) is 21.5. The zero-order valence-electron chi connectivity index (χ0n) is 21.5. The van der Waals surface area contributed by atoms with Gasteiger partial charge in [-0.3, -0.25) is 29.2 Å². The maximum absolute atomic E-state index is 11.9. The monoisotopic (exact) mass is 512 g/mol. The average Bonchev–Trinajstić information content (AvgIpc) is 2.84. The Labute approximate surface area is 213 Å². The summed E-state index contributed by atoms with van der Waals surface area (Å²) in [5, 5.41) is 21.2. The molecule has 0 aliphatic heterocycles. The Hall–Kier alpha value is -2.99. The Morgan fingerprint density at radius 1 is 0.694 bits per heavy atom. The quantitative estimate of drug-likeness (QED) is 0.0545.